The largest absolute Gasteiger partial charge is 0.383 e. The average Bonchev–Trinajstić information content (AvgIpc) is 3.25. The Bertz CT molecular complexity index is 967. The van der Waals surface area contributed by atoms with Crippen LogP contribution in [0.15, 0.2) is 52.8 Å². The zero-order chi connectivity index (χ0) is 20.9. The van der Waals surface area contributed by atoms with E-state index in [1.54, 1.807) is 11.3 Å². The lowest BCUT2D eigenvalue weighted by Crippen LogP contribution is -2.44. The monoisotopic (exact) mass is 411 g/mol. The van der Waals surface area contributed by atoms with Crippen molar-refractivity contribution in [3.63, 3.8) is 0 Å². The lowest BCUT2D eigenvalue weighted by Gasteiger charge is -2.23. The van der Waals surface area contributed by atoms with E-state index in [0.717, 1.165) is 33.7 Å². The number of nitrogens with one attached hydrogen (secondary N) is 2. The number of fused-ring (bicyclic) bond motifs is 1. The molecule has 1 unspecified atom stereocenters. The number of pyridine rings is 1. The van der Waals surface area contributed by atoms with E-state index >= 15 is 0 Å². The van der Waals surface area contributed by atoms with Crippen LogP contribution in [-0.4, -0.2) is 43.2 Å². The number of rotatable bonds is 7. The van der Waals surface area contributed by atoms with E-state index in [1.165, 1.54) is 0 Å². The van der Waals surface area contributed by atoms with Gasteiger partial charge in [0.05, 0.1) is 18.6 Å². The Balaban J connectivity index is 1.81. The zero-order valence-electron chi connectivity index (χ0n) is 17.4. The third-order valence-electron chi connectivity index (χ3n) is 4.65. The van der Waals surface area contributed by atoms with Crippen LogP contribution >= 0.6 is 11.3 Å². The van der Waals surface area contributed by atoms with Crippen molar-refractivity contribution in [2.24, 2.45) is 4.99 Å². The topological polar surface area (TPSA) is 72.8 Å². The first-order chi connectivity index (χ1) is 13.9. The van der Waals surface area contributed by atoms with Crippen molar-refractivity contribution >= 4 is 34.0 Å². The van der Waals surface area contributed by atoms with Crippen molar-refractivity contribution < 1.29 is 5.11 Å². The van der Waals surface area contributed by atoms with Crippen LogP contribution in [0.2, 0.25) is 0 Å². The highest BCUT2D eigenvalue weighted by Gasteiger charge is 2.24. The minimum absolute atomic E-state index is 0.374. The molecular formula is C22H29N5OS. The Labute approximate surface area is 176 Å². The predicted octanol–water partition coefficient (Wildman–Crippen LogP) is 3.33. The van der Waals surface area contributed by atoms with Crippen LogP contribution < -0.4 is 15.5 Å². The highest BCUT2D eigenvalue weighted by atomic mass is 32.1. The number of aromatic nitrogens is 1. The summed E-state index contributed by atoms with van der Waals surface area (Å²) in [6.45, 7) is 5.47. The maximum Gasteiger partial charge on any atom is 0.191 e. The molecule has 0 spiro atoms. The van der Waals surface area contributed by atoms with Crippen LogP contribution in [-0.2, 0) is 12.1 Å². The van der Waals surface area contributed by atoms with Gasteiger partial charge in [-0.3, -0.25) is 0 Å². The molecule has 0 saturated carbocycles. The highest BCUT2D eigenvalue weighted by Crippen LogP contribution is 2.25. The molecule has 1 atom stereocenters. The zero-order valence-corrected chi connectivity index (χ0v) is 18.3. The molecule has 6 nitrogen and oxygen atoms in total. The van der Waals surface area contributed by atoms with Gasteiger partial charge in [-0.2, -0.15) is 0 Å². The maximum atomic E-state index is 10.8. The Hall–Kier alpha value is -2.64. The van der Waals surface area contributed by atoms with Gasteiger partial charge in [0, 0.05) is 30.9 Å². The lowest BCUT2D eigenvalue weighted by atomic mass is 10.1. The number of aliphatic hydroxyl groups is 1. The quantitative estimate of drug-likeness (QED) is 0.411. The third kappa shape index (κ3) is 5.25. The van der Waals surface area contributed by atoms with Crippen LogP contribution in [0.3, 0.4) is 0 Å². The van der Waals surface area contributed by atoms with E-state index in [9.17, 15) is 5.11 Å². The van der Waals surface area contributed by atoms with E-state index in [0.29, 0.717) is 19.0 Å². The van der Waals surface area contributed by atoms with Crippen molar-refractivity contribution in [3.8, 4) is 0 Å². The van der Waals surface area contributed by atoms with Gasteiger partial charge in [-0.15, -0.1) is 11.3 Å². The lowest BCUT2D eigenvalue weighted by molar-refractivity contribution is 0.0655. The molecule has 3 N–H and O–H groups in total. The molecule has 154 valence electrons. The van der Waals surface area contributed by atoms with Crippen LogP contribution in [0.25, 0.3) is 10.9 Å². The molecule has 0 aliphatic heterocycles. The Morgan fingerprint density at radius 1 is 1.21 bits per heavy atom. The second-order valence-electron chi connectivity index (χ2n) is 7.35. The summed E-state index contributed by atoms with van der Waals surface area (Å²) in [5.41, 5.74) is 1.12. The van der Waals surface area contributed by atoms with Gasteiger partial charge in [-0.05, 0) is 43.0 Å². The number of para-hydroxylation sites is 1. The van der Waals surface area contributed by atoms with Crippen LogP contribution in [0, 0.1) is 0 Å². The highest BCUT2D eigenvalue weighted by molar-refractivity contribution is 7.10. The van der Waals surface area contributed by atoms with E-state index in [4.69, 9.17) is 9.98 Å². The molecule has 0 radical (unpaired) electrons. The van der Waals surface area contributed by atoms with Crippen LogP contribution in [0.5, 0.6) is 0 Å². The summed E-state index contributed by atoms with van der Waals surface area (Å²) in [6.07, 6.45) is 0. The number of hydrogen-bond donors (Lipinski definition) is 3. The van der Waals surface area contributed by atoms with Crippen molar-refractivity contribution in [2.45, 2.75) is 26.0 Å². The molecule has 7 heteroatoms. The van der Waals surface area contributed by atoms with E-state index < -0.39 is 5.60 Å². The van der Waals surface area contributed by atoms with Gasteiger partial charge < -0.3 is 20.6 Å². The van der Waals surface area contributed by atoms with Gasteiger partial charge in [0.1, 0.15) is 11.4 Å². The molecule has 1 aromatic carbocycles. The fourth-order valence-corrected chi connectivity index (χ4v) is 3.81. The number of nitrogens with zero attached hydrogens (tertiary/aromatic N) is 3. The van der Waals surface area contributed by atoms with Crippen molar-refractivity contribution in [1.29, 1.82) is 0 Å². The van der Waals surface area contributed by atoms with Gasteiger partial charge in [0.2, 0.25) is 0 Å². The number of aliphatic imine (C=N–C) groups is 1. The molecule has 3 rings (SSSR count). The molecule has 0 fully saturated rings. The smallest absolute Gasteiger partial charge is 0.191 e. The summed E-state index contributed by atoms with van der Waals surface area (Å²) in [5.74, 6) is 1.59. The second-order valence-corrected chi connectivity index (χ2v) is 8.30. The molecule has 2 aromatic heterocycles. The molecule has 0 amide bonds. The summed E-state index contributed by atoms with van der Waals surface area (Å²) in [4.78, 5) is 12.4. The first-order valence-corrected chi connectivity index (χ1v) is 10.6. The normalized spacial score (nSPS) is 13.9. The number of guanidine groups is 1. The van der Waals surface area contributed by atoms with E-state index in [-0.39, 0.29) is 0 Å². The number of thiophene rings is 1. The van der Waals surface area contributed by atoms with E-state index in [1.807, 2.05) is 68.6 Å². The molecule has 29 heavy (non-hydrogen) atoms. The van der Waals surface area contributed by atoms with Gasteiger partial charge in [0.25, 0.3) is 0 Å². The number of anilines is 1. The van der Waals surface area contributed by atoms with Crippen molar-refractivity contribution in [1.82, 2.24) is 15.6 Å². The Morgan fingerprint density at radius 3 is 2.69 bits per heavy atom. The summed E-state index contributed by atoms with van der Waals surface area (Å²) < 4.78 is 0. The van der Waals surface area contributed by atoms with Gasteiger partial charge in [-0.25, -0.2) is 9.98 Å². The standard InChI is InChI=1S/C22H29N5OS/c1-5-23-21(25-15-22(2,28)19-11-8-12-29-19)24-14-16-13-20(27(3)4)26-18-10-7-6-9-17(16)18/h6-13,28H,5,14-15H2,1-4H3,(H2,23,24,25). The van der Waals surface area contributed by atoms with Crippen molar-refractivity contribution in [3.05, 3.63) is 58.3 Å². The molecule has 2 heterocycles. The first kappa shape index (κ1) is 21.1. The molecule has 3 aromatic rings. The average molecular weight is 412 g/mol. The number of benzene rings is 1. The summed E-state index contributed by atoms with van der Waals surface area (Å²) >= 11 is 1.55. The Morgan fingerprint density at radius 2 is 2.00 bits per heavy atom. The third-order valence-corrected chi connectivity index (χ3v) is 5.77. The van der Waals surface area contributed by atoms with Crippen molar-refractivity contribution in [2.75, 3.05) is 32.1 Å². The van der Waals surface area contributed by atoms with Crippen LogP contribution in [0.4, 0.5) is 5.82 Å². The van der Waals surface area contributed by atoms with Gasteiger partial charge in [-0.1, -0.05) is 24.3 Å². The Kier molecular flexibility index (Phi) is 6.71. The summed E-state index contributed by atoms with van der Waals surface area (Å²) in [6, 6.07) is 14.1. The molecule has 0 aliphatic carbocycles. The molecular weight excluding hydrogens is 382 g/mol. The van der Waals surface area contributed by atoms with Gasteiger partial charge >= 0.3 is 0 Å². The summed E-state index contributed by atoms with van der Waals surface area (Å²) in [5, 5.41) is 20.4. The maximum absolute atomic E-state index is 10.8. The molecule has 0 aliphatic rings. The fraction of sp³-hybridized carbons (Fsp3) is 0.364. The second kappa shape index (κ2) is 9.24. The predicted molar refractivity (Wildman–Crippen MR) is 123 cm³/mol. The number of hydrogen-bond acceptors (Lipinski definition) is 5. The molecule has 0 saturated heterocycles. The first-order valence-electron chi connectivity index (χ1n) is 9.75. The fourth-order valence-electron chi connectivity index (χ4n) is 3.03. The van der Waals surface area contributed by atoms with E-state index in [2.05, 4.69) is 22.8 Å². The minimum atomic E-state index is -0.953. The summed E-state index contributed by atoms with van der Waals surface area (Å²) in [7, 11) is 3.98. The minimum Gasteiger partial charge on any atom is -0.383 e. The van der Waals surface area contributed by atoms with Crippen LogP contribution in [0.1, 0.15) is 24.3 Å². The molecule has 0 bridgehead atoms. The van der Waals surface area contributed by atoms with Gasteiger partial charge in [0.15, 0.2) is 5.96 Å². The SMILES string of the molecule is CCNC(=NCc1cc(N(C)C)nc2ccccc12)NCC(C)(O)c1cccs1.